The Bertz CT molecular complexity index is 1910. The number of benzene rings is 6. The van der Waals surface area contributed by atoms with E-state index in [1.54, 1.807) is 24.3 Å². The summed E-state index contributed by atoms with van der Waals surface area (Å²) in [4.78, 5) is 0. The van der Waals surface area contributed by atoms with Gasteiger partial charge >= 0.3 is 12.7 Å². The molecule has 49 heavy (non-hydrogen) atoms. The van der Waals surface area contributed by atoms with Crippen molar-refractivity contribution in [2.75, 3.05) is 0 Å². The maximum Gasteiger partial charge on any atom is 0.573 e. The number of hydrogen-bond acceptors (Lipinski definition) is 2. The quantitative estimate of drug-likeness (QED) is 0.112. The molecular formula is C39H24F6I2O2. The van der Waals surface area contributed by atoms with E-state index < -0.39 is 12.7 Å². The maximum atomic E-state index is 12.6. The van der Waals surface area contributed by atoms with Crippen LogP contribution in [0, 0.1) is 7.14 Å². The minimum atomic E-state index is -4.73. The van der Waals surface area contributed by atoms with Gasteiger partial charge in [0.15, 0.2) is 0 Å². The molecule has 0 radical (unpaired) electrons. The number of hydrogen-bond donors (Lipinski definition) is 0. The fraction of sp³-hybridized carbons (Fsp3) is 0.0769. The Morgan fingerprint density at radius 3 is 0.878 bits per heavy atom. The van der Waals surface area contributed by atoms with E-state index >= 15 is 0 Å². The molecule has 6 rings (SSSR count). The zero-order chi connectivity index (χ0) is 34.8. The fourth-order valence-electron chi connectivity index (χ4n) is 5.35. The first-order valence-corrected chi connectivity index (χ1v) is 17.0. The van der Waals surface area contributed by atoms with Gasteiger partial charge in [-0.1, -0.05) is 109 Å². The summed E-state index contributed by atoms with van der Waals surface area (Å²) < 4.78 is 84.5. The molecule has 0 saturated heterocycles. The topological polar surface area (TPSA) is 18.5 Å². The first-order valence-electron chi connectivity index (χ1n) is 14.8. The highest BCUT2D eigenvalue weighted by atomic mass is 127. The number of ether oxygens (including phenoxy) is 2. The number of halogens is 8. The second-order valence-electron chi connectivity index (χ2n) is 11.1. The van der Waals surface area contributed by atoms with Crippen molar-refractivity contribution in [2.24, 2.45) is 0 Å². The second-order valence-corrected chi connectivity index (χ2v) is 13.4. The smallest absolute Gasteiger partial charge is 0.405 e. The normalized spacial score (nSPS) is 11.8. The predicted octanol–water partition coefficient (Wildman–Crippen LogP) is 13.0. The summed E-state index contributed by atoms with van der Waals surface area (Å²) in [5, 5.41) is 0. The van der Waals surface area contributed by atoms with Crippen molar-refractivity contribution in [3.8, 4) is 56.0 Å². The molecule has 0 unspecified atom stereocenters. The minimum absolute atomic E-state index is 0.222. The molecule has 0 aliphatic heterocycles. The monoisotopic (exact) mass is 892 g/mol. The van der Waals surface area contributed by atoms with Crippen LogP contribution in [0.15, 0.2) is 133 Å². The van der Waals surface area contributed by atoms with Gasteiger partial charge in [-0.25, -0.2) is 0 Å². The van der Waals surface area contributed by atoms with E-state index in [2.05, 4.69) is 58.0 Å². The lowest BCUT2D eigenvalue weighted by molar-refractivity contribution is -0.276. The lowest BCUT2D eigenvalue weighted by atomic mass is 9.96. The Kier molecular flexibility index (Phi) is 10.3. The van der Waals surface area contributed by atoms with Crippen LogP contribution in [0.1, 0.15) is 11.1 Å². The maximum absolute atomic E-state index is 12.6. The van der Waals surface area contributed by atoms with E-state index in [9.17, 15) is 26.3 Å². The molecule has 0 aromatic heterocycles. The zero-order valence-electron chi connectivity index (χ0n) is 25.2. The second kappa shape index (κ2) is 14.4. The van der Waals surface area contributed by atoms with Crippen molar-refractivity contribution >= 4 is 45.2 Å². The molecule has 0 aliphatic carbocycles. The molecule has 0 fully saturated rings. The van der Waals surface area contributed by atoms with E-state index in [1.807, 2.05) is 93.7 Å². The lowest BCUT2D eigenvalue weighted by Gasteiger charge is -2.12. The Labute approximate surface area is 306 Å². The molecule has 0 heterocycles. The summed E-state index contributed by atoms with van der Waals surface area (Å²) in [6, 6.07) is 41.7. The average molecular weight is 892 g/mol. The predicted molar refractivity (Wildman–Crippen MR) is 196 cm³/mol. The fourth-order valence-corrected chi connectivity index (χ4v) is 6.60. The SMILES string of the molecule is FC(F)(F)Oc1ccc(-c2ccc(-c3ccc(Cc4ccc(-c5ccc(-c6ccc(OC(F)(F)F)c(I)c6)cc5)cc4)cc3)cc2)cc1I. The van der Waals surface area contributed by atoms with E-state index in [1.165, 1.54) is 12.1 Å². The van der Waals surface area contributed by atoms with Gasteiger partial charge < -0.3 is 9.47 Å². The molecule has 0 bridgehead atoms. The van der Waals surface area contributed by atoms with Crippen molar-refractivity contribution in [3.05, 3.63) is 152 Å². The van der Waals surface area contributed by atoms with Crippen LogP contribution in [0.5, 0.6) is 11.5 Å². The third kappa shape index (κ3) is 9.15. The lowest BCUT2D eigenvalue weighted by Crippen LogP contribution is -2.17. The van der Waals surface area contributed by atoms with Gasteiger partial charge in [0.25, 0.3) is 0 Å². The molecule has 0 atom stereocenters. The van der Waals surface area contributed by atoms with Crippen LogP contribution in [0.2, 0.25) is 0 Å². The number of rotatable bonds is 8. The molecule has 0 aliphatic rings. The van der Waals surface area contributed by atoms with Crippen LogP contribution in [0.25, 0.3) is 44.5 Å². The Morgan fingerprint density at radius 2 is 0.612 bits per heavy atom. The van der Waals surface area contributed by atoms with Gasteiger partial charge in [0.05, 0.1) is 7.14 Å². The van der Waals surface area contributed by atoms with Crippen molar-refractivity contribution < 1.29 is 35.8 Å². The van der Waals surface area contributed by atoms with Crippen LogP contribution >= 0.6 is 45.2 Å². The van der Waals surface area contributed by atoms with Crippen LogP contribution in [-0.2, 0) is 6.42 Å². The Balaban J connectivity index is 1.07. The van der Waals surface area contributed by atoms with Crippen molar-refractivity contribution in [3.63, 3.8) is 0 Å². The van der Waals surface area contributed by atoms with Gasteiger partial charge in [0.1, 0.15) is 11.5 Å². The summed E-state index contributed by atoms with van der Waals surface area (Å²) in [5.41, 5.74) is 9.86. The van der Waals surface area contributed by atoms with Crippen molar-refractivity contribution in [1.82, 2.24) is 0 Å². The molecule has 6 aromatic rings. The molecule has 0 amide bonds. The largest absolute Gasteiger partial charge is 0.573 e. The summed E-state index contributed by atoms with van der Waals surface area (Å²) in [6.45, 7) is 0. The van der Waals surface area contributed by atoms with Gasteiger partial charge in [-0.05, 0) is 132 Å². The van der Waals surface area contributed by atoms with Gasteiger partial charge in [-0.2, -0.15) is 0 Å². The number of alkyl halides is 6. The summed E-state index contributed by atoms with van der Waals surface area (Å²) >= 11 is 3.68. The molecule has 2 nitrogen and oxygen atoms in total. The van der Waals surface area contributed by atoms with Gasteiger partial charge in [0.2, 0.25) is 0 Å². The van der Waals surface area contributed by atoms with Gasteiger partial charge in [-0.15, -0.1) is 26.3 Å². The van der Waals surface area contributed by atoms with Gasteiger partial charge in [0, 0.05) is 0 Å². The third-order valence-electron chi connectivity index (χ3n) is 7.73. The molecule has 248 valence electrons. The van der Waals surface area contributed by atoms with E-state index in [0.29, 0.717) is 7.14 Å². The average Bonchev–Trinajstić information content (AvgIpc) is 3.06. The summed E-state index contributed by atoms with van der Waals surface area (Å²) in [5.74, 6) is -0.444. The van der Waals surface area contributed by atoms with Gasteiger partial charge in [-0.3, -0.25) is 0 Å². The highest BCUT2D eigenvalue weighted by molar-refractivity contribution is 14.1. The molecule has 0 N–H and O–H groups in total. The van der Waals surface area contributed by atoms with Crippen molar-refractivity contribution in [2.45, 2.75) is 19.1 Å². The standard InChI is InChI=1S/C39H24F6I2O2/c40-38(41,42)48-36-19-17-32(22-34(36)46)30-13-9-28(10-14-30)26-5-1-24(2-6-26)21-25-3-7-27(8-4-25)29-11-15-31(16-12-29)33-18-20-37(35(47)23-33)49-39(43,44)45/h1-20,22-23H,21H2. The highest BCUT2D eigenvalue weighted by Gasteiger charge is 2.32. The van der Waals surface area contributed by atoms with E-state index in [0.717, 1.165) is 62.1 Å². The van der Waals surface area contributed by atoms with E-state index in [-0.39, 0.29) is 11.5 Å². The zero-order valence-corrected chi connectivity index (χ0v) is 29.6. The highest BCUT2D eigenvalue weighted by Crippen LogP contribution is 2.34. The first-order chi connectivity index (χ1) is 23.3. The van der Waals surface area contributed by atoms with Crippen LogP contribution in [0.3, 0.4) is 0 Å². The minimum Gasteiger partial charge on any atom is -0.405 e. The molecule has 6 aromatic carbocycles. The first kappa shape index (κ1) is 34.8. The van der Waals surface area contributed by atoms with Crippen LogP contribution in [0.4, 0.5) is 26.3 Å². The van der Waals surface area contributed by atoms with Crippen LogP contribution in [-0.4, -0.2) is 12.7 Å². The van der Waals surface area contributed by atoms with Crippen LogP contribution < -0.4 is 9.47 Å². The Morgan fingerprint density at radius 1 is 0.367 bits per heavy atom. The van der Waals surface area contributed by atoms with Crippen molar-refractivity contribution in [1.29, 1.82) is 0 Å². The molecule has 0 spiro atoms. The molecular weight excluding hydrogens is 868 g/mol. The van der Waals surface area contributed by atoms with E-state index in [4.69, 9.17) is 0 Å². The Hall–Kier alpha value is -4.04. The molecule has 10 heteroatoms. The third-order valence-corrected chi connectivity index (χ3v) is 9.42. The summed E-state index contributed by atoms with van der Waals surface area (Å²) in [6.07, 6.45) is -8.71. The summed E-state index contributed by atoms with van der Waals surface area (Å²) in [7, 11) is 0. The molecule has 0 saturated carbocycles.